The topological polar surface area (TPSA) is 57.7 Å². The summed E-state index contributed by atoms with van der Waals surface area (Å²) in [5.41, 5.74) is 1.36. The molecule has 2 aliphatic rings. The first-order valence-corrected chi connectivity index (χ1v) is 11.1. The third kappa shape index (κ3) is 3.95. The number of rotatable bonds is 5. The second kappa shape index (κ2) is 7.64. The minimum Gasteiger partial charge on any atom is -0.340 e. The molecule has 1 saturated carbocycles. The average molecular weight is 402 g/mol. The molecular formula is C21H23FN2O3S. The Kier molecular flexibility index (Phi) is 5.21. The van der Waals surface area contributed by atoms with E-state index >= 15 is 0 Å². The van der Waals surface area contributed by atoms with Gasteiger partial charge in [0.05, 0.1) is 5.75 Å². The lowest BCUT2D eigenvalue weighted by Gasteiger charge is -2.34. The fraction of sp³-hybridized carbons (Fsp3) is 0.381. The largest absolute Gasteiger partial charge is 0.340 e. The first kappa shape index (κ1) is 19.1. The molecule has 5 nitrogen and oxygen atoms in total. The van der Waals surface area contributed by atoms with Crippen LogP contribution in [-0.2, 0) is 20.6 Å². The van der Waals surface area contributed by atoms with Gasteiger partial charge in [0.1, 0.15) is 5.82 Å². The van der Waals surface area contributed by atoms with Crippen LogP contribution in [0.3, 0.4) is 0 Å². The molecule has 2 aromatic carbocycles. The molecule has 2 fully saturated rings. The molecule has 7 heteroatoms. The van der Waals surface area contributed by atoms with Gasteiger partial charge in [-0.15, -0.1) is 0 Å². The standard InChI is InChI=1S/C21H23FN2O3S/c22-20-9-5-4-8-17(20)18-14-19(18)21(25)23-10-12-24(13-11-23)28(26,27)15-16-6-2-1-3-7-16/h1-9,18-19H,10-15H2. The van der Waals surface area contributed by atoms with Crippen LogP contribution in [0.25, 0.3) is 0 Å². The number of piperazine rings is 1. The van der Waals surface area contributed by atoms with E-state index in [4.69, 9.17) is 0 Å². The highest BCUT2D eigenvalue weighted by atomic mass is 32.2. The Morgan fingerprint density at radius 2 is 1.61 bits per heavy atom. The van der Waals surface area contributed by atoms with E-state index in [1.54, 1.807) is 35.2 Å². The van der Waals surface area contributed by atoms with Gasteiger partial charge in [0.15, 0.2) is 0 Å². The molecular weight excluding hydrogens is 379 g/mol. The van der Waals surface area contributed by atoms with Crippen LogP contribution in [0.5, 0.6) is 0 Å². The van der Waals surface area contributed by atoms with Crippen LogP contribution in [0, 0.1) is 11.7 Å². The second-order valence-electron chi connectivity index (χ2n) is 7.44. The van der Waals surface area contributed by atoms with E-state index in [1.165, 1.54) is 10.4 Å². The van der Waals surface area contributed by atoms with E-state index in [-0.39, 0.29) is 29.3 Å². The minimum absolute atomic E-state index is 0.00774. The number of carbonyl (C=O) groups excluding carboxylic acids is 1. The lowest BCUT2D eigenvalue weighted by Crippen LogP contribution is -2.51. The Labute approximate surface area is 164 Å². The van der Waals surface area contributed by atoms with Crippen molar-refractivity contribution >= 4 is 15.9 Å². The third-order valence-electron chi connectivity index (χ3n) is 5.55. The van der Waals surface area contributed by atoms with Gasteiger partial charge in [0, 0.05) is 32.1 Å². The zero-order valence-electron chi connectivity index (χ0n) is 15.5. The SMILES string of the molecule is O=C(C1CC1c1ccccc1F)N1CCN(S(=O)(=O)Cc2ccccc2)CC1. The van der Waals surface area contributed by atoms with Crippen molar-refractivity contribution in [2.24, 2.45) is 5.92 Å². The molecule has 0 radical (unpaired) electrons. The molecule has 1 saturated heterocycles. The number of halogens is 1. The van der Waals surface area contributed by atoms with Crippen molar-refractivity contribution < 1.29 is 17.6 Å². The van der Waals surface area contributed by atoms with E-state index in [0.29, 0.717) is 38.2 Å². The maximum Gasteiger partial charge on any atom is 0.226 e. The fourth-order valence-corrected chi connectivity index (χ4v) is 5.40. The summed E-state index contributed by atoms with van der Waals surface area (Å²) in [7, 11) is -3.40. The summed E-state index contributed by atoms with van der Waals surface area (Å²) in [6.45, 7) is 1.37. The van der Waals surface area contributed by atoms with Crippen molar-refractivity contribution in [2.75, 3.05) is 26.2 Å². The predicted molar refractivity (Wildman–Crippen MR) is 104 cm³/mol. The highest BCUT2D eigenvalue weighted by molar-refractivity contribution is 7.88. The van der Waals surface area contributed by atoms with Gasteiger partial charge in [0.2, 0.25) is 15.9 Å². The maximum absolute atomic E-state index is 13.9. The van der Waals surface area contributed by atoms with Crippen molar-refractivity contribution in [1.29, 1.82) is 0 Å². The first-order chi connectivity index (χ1) is 13.5. The normalized spacial score (nSPS) is 22.8. The van der Waals surface area contributed by atoms with Gasteiger partial charge >= 0.3 is 0 Å². The van der Waals surface area contributed by atoms with Gasteiger partial charge < -0.3 is 4.90 Å². The molecule has 2 unspecified atom stereocenters. The van der Waals surface area contributed by atoms with E-state index in [2.05, 4.69) is 0 Å². The monoisotopic (exact) mass is 402 g/mol. The van der Waals surface area contributed by atoms with Crippen LogP contribution in [0.4, 0.5) is 4.39 Å². The second-order valence-corrected chi connectivity index (χ2v) is 9.41. The lowest BCUT2D eigenvalue weighted by molar-refractivity contribution is -0.133. The summed E-state index contributed by atoms with van der Waals surface area (Å²) in [6, 6.07) is 15.7. The van der Waals surface area contributed by atoms with Gasteiger partial charge in [-0.25, -0.2) is 12.8 Å². The number of benzene rings is 2. The Bertz CT molecular complexity index is 957. The molecule has 28 heavy (non-hydrogen) atoms. The molecule has 1 aliphatic heterocycles. The minimum atomic E-state index is -3.40. The summed E-state index contributed by atoms with van der Waals surface area (Å²) in [5, 5.41) is 0. The van der Waals surface area contributed by atoms with E-state index in [9.17, 15) is 17.6 Å². The zero-order chi connectivity index (χ0) is 19.7. The molecule has 2 atom stereocenters. The van der Waals surface area contributed by atoms with Crippen LogP contribution in [0.15, 0.2) is 54.6 Å². The summed E-state index contributed by atoms with van der Waals surface area (Å²) >= 11 is 0. The van der Waals surface area contributed by atoms with Crippen LogP contribution < -0.4 is 0 Å². The highest BCUT2D eigenvalue weighted by Crippen LogP contribution is 2.49. The average Bonchev–Trinajstić information content (AvgIpc) is 3.49. The quantitative estimate of drug-likeness (QED) is 0.773. The van der Waals surface area contributed by atoms with Crippen LogP contribution >= 0.6 is 0 Å². The summed E-state index contributed by atoms with van der Waals surface area (Å²) in [4.78, 5) is 14.5. The third-order valence-corrected chi connectivity index (χ3v) is 7.40. The van der Waals surface area contributed by atoms with Gasteiger partial charge in [0.25, 0.3) is 0 Å². The number of hydrogen-bond acceptors (Lipinski definition) is 3. The zero-order valence-corrected chi connectivity index (χ0v) is 16.3. The summed E-state index contributed by atoms with van der Waals surface area (Å²) < 4.78 is 40.7. The molecule has 1 aliphatic carbocycles. The molecule has 0 bridgehead atoms. The van der Waals surface area contributed by atoms with Gasteiger partial charge in [-0.05, 0) is 29.5 Å². The number of amides is 1. The lowest BCUT2D eigenvalue weighted by atomic mass is 10.1. The number of nitrogens with zero attached hydrogens (tertiary/aromatic N) is 2. The van der Waals surface area contributed by atoms with Crippen molar-refractivity contribution in [3.8, 4) is 0 Å². The van der Waals surface area contributed by atoms with E-state index in [0.717, 1.165) is 5.56 Å². The Hall–Kier alpha value is -2.25. The molecule has 0 spiro atoms. The van der Waals surface area contributed by atoms with Crippen LogP contribution in [-0.4, -0.2) is 49.7 Å². The number of sulfonamides is 1. The van der Waals surface area contributed by atoms with Crippen molar-refractivity contribution in [3.63, 3.8) is 0 Å². The Morgan fingerprint density at radius 3 is 2.29 bits per heavy atom. The molecule has 0 aromatic heterocycles. The van der Waals surface area contributed by atoms with Gasteiger partial charge in [-0.3, -0.25) is 4.79 Å². The highest BCUT2D eigenvalue weighted by Gasteiger charge is 2.47. The van der Waals surface area contributed by atoms with Crippen LogP contribution in [0.1, 0.15) is 23.5 Å². The maximum atomic E-state index is 13.9. The summed E-state index contributed by atoms with van der Waals surface area (Å²) in [5.74, 6) is -0.536. The van der Waals surface area contributed by atoms with E-state index < -0.39 is 10.0 Å². The van der Waals surface area contributed by atoms with Gasteiger partial charge in [-0.2, -0.15) is 4.31 Å². The predicted octanol–water partition coefficient (Wildman–Crippen LogP) is 2.60. The first-order valence-electron chi connectivity index (χ1n) is 9.50. The van der Waals surface area contributed by atoms with Crippen molar-refractivity contribution in [3.05, 3.63) is 71.5 Å². The molecule has 1 amide bonds. The Morgan fingerprint density at radius 1 is 0.964 bits per heavy atom. The number of carbonyl (C=O) groups is 1. The molecule has 4 rings (SSSR count). The smallest absolute Gasteiger partial charge is 0.226 e. The van der Waals surface area contributed by atoms with E-state index in [1.807, 2.05) is 18.2 Å². The van der Waals surface area contributed by atoms with Crippen molar-refractivity contribution in [2.45, 2.75) is 18.1 Å². The number of hydrogen-bond donors (Lipinski definition) is 0. The molecule has 0 N–H and O–H groups in total. The van der Waals surface area contributed by atoms with Gasteiger partial charge in [-0.1, -0.05) is 48.5 Å². The summed E-state index contributed by atoms with van der Waals surface area (Å²) in [6.07, 6.45) is 0.659. The molecule has 148 valence electrons. The molecule has 1 heterocycles. The van der Waals surface area contributed by atoms with Crippen LogP contribution in [0.2, 0.25) is 0 Å². The molecule has 2 aromatic rings. The Balaban J connectivity index is 1.33. The van der Waals surface area contributed by atoms with Crippen molar-refractivity contribution in [1.82, 2.24) is 9.21 Å². The fourth-order valence-electron chi connectivity index (χ4n) is 3.88.